The number of amides is 3. The molecule has 6 N–H and O–H groups in total. The number of aromatic amines is 2. The number of fused-ring (bicyclic) bond motifs is 2. The molecular weight excluding hydrogens is 611 g/mol. The maximum atomic E-state index is 12.5. The number of nitrogens with zero attached hydrogens (tertiary/aromatic N) is 1. The SMILES string of the molecule is N#CC1(CNC(=O)c2ccc3[nH]ccc3c2Cl)CCCCC1.NC(=O)C1(CNC(=O)c2ccc3[nH]ccc3c2Cl)CCCCC1. The van der Waals surface area contributed by atoms with Crippen molar-refractivity contribution in [2.75, 3.05) is 13.1 Å². The molecule has 0 bridgehead atoms. The molecule has 0 radical (unpaired) electrons. The van der Waals surface area contributed by atoms with Crippen molar-refractivity contribution in [3.05, 3.63) is 70.0 Å². The van der Waals surface area contributed by atoms with Gasteiger partial charge in [0.1, 0.15) is 0 Å². The summed E-state index contributed by atoms with van der Waals surface area (Å²) in [5, 5.41) is 17.7. The summed E-state index contributed by atoms with van der Waals surface area (Å²) in [6.45, 7) is 0.659. The number of carbonyl (C=O) groups is 3. The minimum Gasteiger partial charge on any atom is -0.369 e. The van der Waals surface area contributed by atoms with Crippen LogP contribution in [0.15, 0.2) is 48.8 Å². The first-order valence-corrected chi connectivity index (χ1v) is 16.2. The number of primary amides is 1. The second-order valence-electron chi connectivity index (χ2n) is 12.3. The van der Waals surface area contributed by atoms with Crippen molar-refractivity contribution in [3.8, 4) is 6.07 Å². The highest BCUT2D eigenvalue weighted by atomic mass is 35.5. The van der Waals surface area contributed by atoms with E-state index in [9.17, 15) is 19.6 Å². The summed E-state index contributed by atoms with van der Waals surface area (Å²) in [4.78, 5) is 42.9. The summed E-state index contributed by atoms with van der Waals surface area (Å²) >= 11 is 12.6. The monoisotopic (exact) mass is 648 g/mol. The molecule has 0 atom stereocenters. The van der Waals surface area contributed by atoms with Gasteiger partial charge >= 0.3 is 0 Å². The molecule has 2 aromatic carbocycles. The van der Waals surface area contributed by atoms with Gasteiger partial charge in [0.05, 0.1) is 38.1 Å². The Labute approximate surface area is 272 Å². The highest BCUT2D eigenvalue weighted by Crippen LogP contribution is 2.37. The molecule has 2 saturated carbocycles. The van der Waals surface area contributed by atoms with Crippen molar-refractivity contribution in [2.24, 2.45) is 16.6 Å². The molecule has 11 heteroatoms. The summed E-state index contributed by atoms with van der Waals surface area (Å²) in [6.07, 6.45) is 13.1. The summed E-state index contributed by atoms with van der Waals surface area (Å²) in [7, 11) is 0. The van der Waals surface area contributed by atoms with Crippen molar-refractivity contribution in [1.82, 2.24) is 20.6 Å². The van der Waals surface area contributed by atoms with Crippen molar-refractivity contribution < 1.29 is 14.4 Å². The number of H-pyrrole nitrogens is 2. The van der Waals surface area contributed by atoms with Gasteiger partial charge < -0.3 is 26.3 Å². The Bertz CT molecular complexity index is 1740. The fraction of sp³-hybridized carbons (Fsp3) is 0.412. The van der Waals surface area contributed by atoms with E-state index in [1.165, 1.54) is 6.42 Å². The maximum absolute atomic E-state index is 12.5. The predicted octanol–water partition coefficient (Wildman–Crippen LogP) is 7.01. The number of nitrogens with one attached hydrogen (secondary N) is 4. The Hall–Kier alpha value is -4.00. The van der Waals surface area contributed by atoms with E-state index in [4.69, 9.17) is 28.9 Å². The highest BCUT2D eigenvalue weighted by Gasteiger charge is 2.38. The molecule has 4 aromatic rings. The van der Waals surface area contributed by atoms with Crippen LogP contribution >= 0.6 is 23.2 Å². The Morgan fingerprint density at radius 1 is 0.733 bits per heavy atom. The van der Waals surface area contributed by atoms with Crippen LogP contribution in [0.2, 0.25) is 10.0 Å². The Morgan fingerprint density at radius 3 is 1.67 bits per heavy atom. The molecule has 0 unspecified atom stereocenters. The molecule has 9 nitrogen and oxygen atoms in total. The van der Waals surface area contributed by atoms with E-state index in [1.807, 2.05) is 24.3 Å². The largest absolute Gasteiger partial charge is 0.369 e. The Morgan fingerprint density at radius 2 is 1.20 bits per heavy atom. The highest BCUT2D eigenvalue weighted by molar-refractivity contribution is 6.39. The van der Waals surface area contributed by atoms with Crippen LogP contribution in [0.5, 0.6) is 0 Å². The number of halogens is 2. The van der Waals surface area contributed by atoms with E-state index >= 15 is 0 Å². The maximum Gasteiger partial charge on any atom is 0.252 e. The number of nitrogens with two attached hydrogens (primary N) is 1. The van der Waals surface area contributed by atoms with Crippen LogP contribution in [-0.4, -0.2) is 40.8 Å². The third-order valence-corrected chi connectivity index (χ3v) is 10.2. The minimum atomic E-state index is -0.626. The van der Waals surface area contributed by atoms with E-state index in [1.54, 1.807) is 24.5 Å². The number of aromatic nitrogens is 2. The molecule has 2 aliphatic carbocycles. The number of hydrogen-bond donors (Lipinski definition) is 5. The Balaban J connectivity index is 0.000000178. The molecule has 45 heavy (non-hydrogen) atoms. The van der Waals surface area contributed by atoms with Crippen LogP contribution in [0.3, 0.4) is 0 Å². The smallest absolute Gasteiger partial charge is 0.252 e. The second-order valence-corrected chi connectivity index (χ2v) is 13.0. The minimum absolute atomic E-state index is 0.215. The molecule has 0 spiro atoms. The predicted molar refractivity (Wildman–Crippen MR) is 177 cm³/mol. The molecule has 0 aliphatic heterocycles. The number of carbonyl (C=O) groups excluding carboxylic acids is 3. The zero-order valence-corrected chi connectivity index (χ0v) is 26.6. The zero-order valence-electron chi connectivity index (χ0n) is 25.1. The van der Waals surface area contributed by atoms with Crippen molar-refractivity contribution in [2.45, 2.75) is 64.2 Å². The van der Waals surface area contributed by atoms with Gasteiger partial charge in [0.25, 0.3) is 11.8 Å². The number of nitriles is 1. The molecule has 2 aliphatic rings. The van der Waals surface area contributed by atoms with Gasteiger partial charge in [-0.15, -0.1) is 0 Å². The van der Waals surface area contributed by atoms with Gasteiger partial charge in [-0.05, 0) is 62.1 Å². The van der Waals surface area contributed by atoms with Gasteiger partial charge in [-0.25, -0.2) is 0 Å². The summed E-state index contributed by atoms with van der Waals surface area (Å²) in [6, 6.07) is 13.2. The van der Waals surface area contributed by atoms with Crippen LogP contribution in [0.4, 0.5) is 0 Å². The molecular formula is C34H38Cl2N6O3. The van der Waals surface area contributed by atoms with Crippen molar-refractivity contribution in [3.63, 3.8) is 0 Å². The standard InChI is InChI=1S/C17H20ClN3O2.C17H18ClN3O/c18-14-11-6-9-20-13(11)5-4-12(14)15(22)21-10-17(16(19)23)7-2-1-3-8-17;18-15-12-6-9-20-14(12)5-4-13(15)16(22)21-11-17(10-19)7-2-1-3-8-17/h4-6,9,20H,1-3,7-8,10H2,(H2,19,23)(H,21,22);4-6,9,20H,1-3,7-8,11H2,(H,21,22). The fourth-order valence-corrected chi connectivity index (χ4v) is 7.16. The average molecular weight is 650 g/mol. The topological polar surface area (TPSA) is 157 Å². The molecule has 2 aromatic heterocycles. The van der Waals surface area contributed by atoms with E-state index in [2.05, 4.69) is 26.7 Å². The molecule has 3 amide bonds. The first kappa shape index (κ1) is 32.4. The van der Waals surface area contributed by atoms with Crippen molar-refractivity contribution >= 4 is 62.7 Å². The normalized spacial score (nSPS) is 17.1. The lowest BCUT2D eigenvalue weighted by Crippen LogP contribution is -2.47. The summed E-state index contributed by atoms with van der Waals surface area (Å²) < 4.78 is 0. The van der Waals surface area contributed by atoms with Crippen LogP contribution in [0.1, 0.15) is 84.9 Å². The quantitative estimate of drug-likeness (QED) is 0.146. The molecule has 2 heterocycles. The zero-order chi connectivity index (χ0) is 32.0. The van der Waals surface area contributed by atoms with Gasteiger partial charge in [-0.3, -0.25) is 14.4 Å². The number of benzene rings is 2. The molecule has 236 valence electrons. The van der Waals surface area contributed by atoms with Gasteiger partial charge in [-0.2, -0.15) is 5.26 Å². The van der Waals surface area contributed by atoms with Gasteiger partial charge in [-0.1, -0.05) is 61.7 Å². The lowest BCUT2D eigenvalue weighted by molar-refractivity contribution is -0.129. The van der Waals surface area contributed by atoms with Crippen LogP contribution in [0.25, 0.3) is 21.8 Å². The van der Waals surface area contributed by atoms with Crippen LogP contribution < -0.4 is 16.4 Å². The van der Waals surface area contributed by atoms with E-state index in [-0.39, 0.29) is 24.3 Å². The molecule has 2 fully saturated rings. The third-order valence-electron chi connectivity index (χ3n) is 9.38. The third kappa shape index (κ3) is 6.98. The van der Waals surface area contributed by atoms with E-state index in [0.29, 0.717) is 27.7 Å². The van der Waals surface area contributed by atoms with Crippen LogP contribution in [-0.2, 0) is 4.79 Å². The number of hydrogen-bond acceptors (Lipinski definition) is 4. The van der Waals surface area contributed by atoms with E-state index in [0.717, 1.165) is 79.6 Å². The van der Waals surface area contributed by atoms with Gasteiger partial charge in [0.15, 0.2) is 0 Å². The first-order chi connectivity index (χ1) is 21.7. The molecule has 0 saturated heterocycles. The lowest BCUT2D eigenvalue weighted by atomic mass is 9.73. The second kappa shape index (κ2) is 14.0. The molecule has 6 rings (SSSR count). The first-order valence-electron chi connectivity index (χ1n) is 15.5. The van der Waals surface area contributed by atoms with Gasteiger partial charge in [0.2, 0.25) is 5.91 Å². The summed E-state index contributed by atoms with van der Waals surface area (Å²) in [5.74, 6) is -0.817. The van der Waals surface area contributed by atoms with Gasteiger partial charge in [0, 0.05) is 47.3 Å². The van der Waals surface area contributed by atoms with Crippen molar-refractivity contribution in [1.29, 1.82) is 5.26 Å². The van der Waals surface area contributed by atoms with Crippen LogP contribution in [0, 0.1) is 22.2 Å². The summed E-state index contributed by atoms with van der Waals surface area (Å²) in [5.41, 5.74) is 7.21. The Kier molecular flexibility index (Phi) is 10.1. The average Bonchev–Trinajstić information content (AvgIpc) is 3.75. The number of rotatable bonds is 7. The van der Waals surface area contributed by atoms with E-state index < -0.39 is 10.8 Å². The lowest BCUT2D eigenvalue weighted by Gasteiger charge is -2.34. The fourth-order valence-electron chi connectivity index (χ4n) is 6.53.